The number of benzene rings is 1. The van der Waals surface area contributed by atoms with Crippen LogP contribution in [0.4, 0.5) is 4.39 Å². The van der Waals surface area contributed by atoms with Crippen LogP contribution in [-0.4, -0.2) is 5.78 Å². The lowest BCUT2D eigenvalue weighted by molar-refractivity contribution is -0.143. The Kier molecular flexibility index (Phi) is 3.15. The minimum Gasteiger partial charge on any atom is -0.299 e. The first kappa shape index (κ1) is 13.8. The van der Waals surface area contributed by atoms with E-state index < -0.39 is 5.82 Å². The summed E-state index contributed by atoms with van der Waals surface area (Å²) >= 11 is 5.83. The Labute approximate surface area is 129 Å². The van der Waals surface area contributed by atoms with Crippen LogP contribution in [0.5, 0.6) is 0 Å². The summed E-state index contributed by atoms with van der Waals surface area (Å²) in [6.45, 7) is 0. The highest BCUT2D eigenvalue weighted by Gasteiger charge is 2.53. The maximum atomic E-state index is 13.2. The highest BCUT2D eigenvalue weighted by atomic mass is 35.5. The molecule has 5 rings (SSSR count). The van der Waals surface area contributed by atoms with Gasteiger partial charge < -0.3 is 0 Å². The number of halogens is 2. The average molecular weight is 307 g/mol. The predicted octanol–water partition coefficient (Wildman–Crippen LogP) is 4.81. The average Bonchev–Trinajstić information content (AvgIpc) is 2.41. The van der Waals surface area contributed by atoms with Gasteiger partial charge in [-0.05, 0) is 74.0 Å². The number of hydrogen-bond acceptors (Lipinski definition) is 1. The van der Waals surface area contributed by atoms with Crippen molar-refractivity contribution in [2.75, 3.05) is 0 Å². The molecule has 0 radical (unpaired) electrons. The van der Waals surface area contributed by atoms with Crippen molar-refractivity contribution in [1.82, 2.24) is 0 Å². The largest absolute Gasteiger partial charge is 0.299 e. The third-order valence-corrected chi connectivity index (χ3v) is 6.27. The van der Waals surface area contributed by atoms with Gasteiger partial charge in [0.1, 0.15) is 11.6 Å². The number of carbonyl (C=O) groups excluding carboxylic acids is 1. The van der Waals surface area contributed by atoms with Gasteiger partial charge >= 0.3 is 0 Å². The van der Waals surface area contributed by atoms with Crippen molar-refractivity contribution in [2.45, 2.75) is 44.9 Å². The zero-order valence-electron chi connectivity index (χ0n) is 12.1. The normalized spacial score (nSPS) is 37.0. The number of ketones is 1. The molecule has 4 saturated carbocycles. The highest BCUT2D eigenvalue weighted by molar-refractivity contribution is 6.30. The summed E-state index contributed by atoms with van der Waals surface area (Å²) in [5.74, 6) is 2.28. The number of carbonyl (C=O) groups is 1. The molecule has 0 spiro atoms. The molecule has 0 unspecified atom stereocenters. The van der Waals surface area contributed by atoms with Crippen LogP contribution in [0, 0.1) is 29.0 Å². The molecule has 0 atom stereocenters. The number of Topliss-reactive ketones (excluding diaryl/α,β-unsaturated/α-hetero) is 1. The van der Waals surface area contributed by atoms with Crippen LogP contribution in [0.1, 0.15) is 44.1 Å². The quantitative estimate of drug-likeness (QED) is 0.783. The zero-order valence-corrected chi connectivity index (χ0v) is 12.8. The first-order valence-electron chi connectivity index (χ1n) is 8.01. The molecule has 1 aromatic carbocycles. The second-order valence-electron chi connectivity index (χ2n) is 7.55. The van der Waals surface area contributed by atoms with Gasteiger partial charge in [0.15, 0.2) is 0 Å². The third-order valence-electron chi connectivity index (χ3n) is 5.98. The molecule has 0 amide bonds. The first-order valence-corrected chi connectivity index (χ1v) is 8.39. The fraction of sp³-hybridized carbons (Fsp3) is 0.611. The summed E-state index contributed by atoms with van der Waals surface area (Å²) in [5, 5.41) is 0.116. The highest BCUT2D eigenvalue weighted by Crippen LogP contribution is 2.60. The Morgan fingerprint density at radius 2 is 1.71 bits per heavy atom. The Morgan fingerprint density at radius 1 is 1.14 bits per heavy atom. The third kappa shape index (κ3) is 2.32. The summed E-state index contributed by atoms with van der Waals surface area (Å²) in [7, 11) is 0. The number of hydrogen-bond donors (Lipinski definition) is 0. The molecular weight excluding hydrogens is 287 g/mol. The van der Waals surface area contributed by atoms with Crippen LogP contribution < -0.4 is 0 Å². The summed E-state index contributed by atoms with van der Waals surface area (Å²) < 4.78 is 13.2. The first-order chi connectivity index (χ1) is 10.0. The topological polar surface area (TPSA) is 17.1 Å². The Bertz CT molecular complexity index is 560. The Balaban J connectivity index is 1.56. The molecule has 0 aliphatic heterocycles. The molecule has 0 heterocycles. The molecule has 4 aliphatic carbocycles. The standard InChI is InChI=1S/C18H20ClFO/c19-15-6-11(1-2-16(15)20)7-17(21)18-8-12-3-13(9-18)5-14(4-12)10-18/h1-2,6,12-14H,3-5,7-10H2. The summed E-state index contributed by atoms with van der Waals surface area (Å²) in [6.07, 6.45) is 7.71. The van der Waals surface area contributed by atoms with E-state index in [-0.39, 0.29) is 10.4 Å². The van der Waals surface area contributed by atoms with Crippen molar-refractivity contribution in [3.8, 4) is 0 Å². The van der Waals surface area contributed by atoms with E-state index >= 15 is 0 Å². The fourth-order valence-corrected chi connectivity index (χ4v) is 5.68. The van der Waals surface area contributed by atoms with E-state index in [2.05, 4.69) is 0 Å². The van der Waals surface area contributed by atoms with Crippen molar-refractivity contribution in [1.29, 1.82) is 0 Å². The molecule has 4 aliphatic rings. The molecule has 0 saturated heterocycles. The van der Waals surface area contributed by atoms with Crippen LogP contribution in [0.2, 0.25) is 5.02 Å². The van der Waals surface area contributed by atoms with E-state index in [4.69, 9.17) is 11.6 Å². The predicted molar refractivity (Wildman–Crippen MR) is 80.7 cm³/mol. The van der Waals surface area contributed by atoms with Gasteiger partial charge in [0.25, 0.3) is 0 Å². The molecule has 1 nitrogen and oxygen atoms in total. The molecule has 21 heavy (non-hydrogen) atoms. The molecule has 3 heteroatoms. The second-order valence-corrected chi connectivity index (χ2v) is 7.95. The van der Waals surface area contributed by atoms with Gasteiger partial charge in [0.2, 0.25) is 0 Å². The summed E-state index contributed by atoms with van der Waals surface area (Å²) in [5.41, 5.74) is 0.775. The molecule has 0 aromatic heterocycles. The summed E-state index contributed by atoms with van der Waals surface area (Å²) in [4.78, 5) is 12.9. The van der Waals surface area contributed by atoms with E-state index in [1.165, 1.54) is 25.3 Å². The van der Waals surface area contributed by atoms with Crippen molar-refractivity contribution in [2.24, 2.45) is 23.2 Å². The van der Waals surface area contributed by atoms with E-state index in [1.807, 2.05) is 0 Å². The lowest BCUT2D eigenvalue weighted by atomic mass is 9.48. The van der Waals surface area contributed by atoms with E-state index in [0.717, 1.165) is 42.6 Å². The second kappa shape index (κ2) is 4.81. The van der Waals surface area contributed by atoms with E-state index in [0.29, 0.717) is 12.2 Å². The van der Waals surface area contributed by atoms with Crippen molar-refractivity contribution in [3.05, 3.63) is 34.6 Å². The van der Waals surface area contributed by atoms with Gasteiger partial charge in [-0.15, -0.1) is 0 Å². The molecule has 4 fully saturated rings. The lowest BCUT2D eigenvalue weighted by Crippen LogP contribution is -2.50. The van der Waals surface area contributed by atoms with Crippen molar-refractivity contribution < 1.29 is 9.18 Å². The van der Waals surface area contributed by atoms with Crippen LogP contribution >= 0.6 is 11.6 Å². The van der Waals surface area contributed by atoms with Crippen LogP contribution in [0.15, 0.2) is 18.2 Å². The minimum absolute atomic E-state index is 0.0738. The minimum atomic E-state index is -0.414. The van der Waals surface area contributed by atoms with Crippen LogP contribution in [0.25, 0.3) is 0 Å². The van der Waals surface area contributed by atoms with Gasteiger partial charge in [-0.3, -0.25) is 4.79 Å². The molecule has 112 valence electrons. The lowest BCUT2D eigenvalue weighted by Gasteiger charge is -2.56. The fourth-order valence-electron chi connectivity index (χ4n) is 5.47. The zero-order chi connectivity index (χ0) is 14.6. The van der Waals surface area contributed by atoms with Crippen molar-refractivity contribution >= 4 is 17.4 Å². The van der Waals surface area contributed by atoms with Gasteiger partial charge in [0, 0.05) is 11.8 Å². The summed E-state index contributed by atoms with van der Waals surface area (Å²) in [6, 6.07) is 4.67. The Morgan fingerprint density at radius 3 is 2.24 bits per heavy atom. The van der Waals surface area contributed by atoms with E-state index in [9.17, 15) is 9.18 Å². The van der Waals surface area contributed by atoms with Crippen molar-refractivity contribution in [3.63, 3.8) is 0 Å². The molecular formula is C18H20ClFO. The van der Waals surface area contributed by atoms with Gasteiger partial charge in [-0.25, -0.2) is 4.39 Å². The Hall–Kier alpha value is -0.890. The van der Waals surface area contributed by atoms with E-state index in [1.54, 1.807) is 12.1 Å². The van der Waals surface area contributed by atoms with Crippen LogP contribution in [-0.2, 0) is 11.2 Å². The smallest absolute Gasteiger partial charge is 0.143 e. The molecule has 0 N–H and O–H groups in total. The van der Waals surface area contributed by atoms with Gasteiger partial charge in [0.05, 0.1) is 5.02 Å². The SMILES string of the molecule is O=C(Cc1ccc(F)c(Cl)c1)C12CC3CC(CC(C3)C1)C2. The van der Waals surface area contributed by atoms with Gasteiger partial charge in [-0.1, -0.05) is 17.7 Å². The maximum Gasteiger partial charge on any atom is 0.143 e. The molecule has 1 aromatic rings. The monoisotopic (exact) mass is 306 g/mol. The van der Waals surface area contributed by atoms with Gasteiger partial charge in [-0.2, -0.15) is 0 Å². The maximum absolute atomic E-state index is 13.2. The molecule has 4 bridgehead atoms. The van der Waals surface area contributed by atoms with Crippen LogP contribution in [0.3, 0.4) is 0 Å². The number of rotatable bonds is 3.